The second kappa shape index (κ2) is 7.55. The second-order valence-electron chi connectivity index (χ2n) is 6.70. The van der Waals surface area contributed by atoms with Crippen molar-refractivity contribution in [2.75, 3.05) is 49.5 Å². The van der Waals surface area contributed by atoms with E-state index in [0.717, 1.165) is 31.1 Å². The number of nitrogens with one attached hydrogen (secondary N) is 1. The molecular weight excluding hydrogens is 319 g/mol. The van der Waals surface area contributed by atoms with E-state index in [-0.39, 0.29) is 5.92 Å². The van der Waals surface area contributed by atoms with E-state index in [0.29, 0.717) is 19.6 Å². The Morgan fingerprint density at radius 3 is 2.67 bits per heavy atom. The third kappa shape index (κ3) is 4.96. The first-order valence-corrected chi connectivity index (χ1v) is 8.59. The lowest BCUT2D eigenvalue weighted by Gasteiger charge is -2.27. The van der Waals surface area contributed by atoms with Crippen LogP contribution in [0.15, 0.2) is 12.4 Å². The number of nitrogens with zero attached hydrogens (tertiary/aromatic N) is 4. The van der Waals surface area contributed by atoms with Gasteiger partial charge in [0.15, 0.2) is 0 Å². The van der Waals surface area contributed by atoms with Gasteiger partial charge in [0.25, 0.3) is 0 Å². The first-order chi connectivity index (χ1) is 11.5. The highest BCUT2D eigenvalue weighted by atomic mass is 19.4. The predicted molar refractivity (Wildman–Crippen MR) is 87.2 cm³/mol. The summed E-state index contributed by atoms with van der Waals surface area (Å²) in [5.74, 6) is 1.90. The summed E-state index contributed by atoms with van der Waals surface area (Å²) < 4.78 is 37.3. The van der Waals surface area contributed by atoms with Crippen LogP contribution in [0, 0.1) is 5.92 Å². The summed E-state index contributed by atoms with van der Waals surface area (Å²) in [6, 6.07) is 1.94. The lowest BCUT2D eigenvalue weighted by molar-refractivity contribution is -0.143. The van der Waals surface area contributed by atoms with Crippen LogP contribution in [0.1, 0.15) is 25.7 Å². The van der Waals surface area contributed by atoms with Crippen LogP contribution in [0.5, 0.6) is 0 Å². The highest BCUT2D eigenvalue weighted by Gasteiger charge is 2.34. The Kier molecular flexibility index (Phi) is 5.43. The summed E-state index contributed by atoms with van der Waals surface area (Å²) in [5.41, 5.74) is 0. The molecule has 0 radical (unpaired) electrons. The number of hydrogen-bond donors (Lipinski definition) is 1. The van der Waals surface area contributed by atoms with Gasteiger partial charge in [0.1, 0.15) is 18.0 Å². The number of piperidine rings is 1. The number of likely N-dealkylation sites (tertiary alicyclic amines) is 1. The molecule has 24 heavy (non-hydrogen) atoms. The zero-order valence-electron chi connectivity index (χ0n) is 13.7. The zero-order chi connectivity index (χ0) is 17.0. The molecular formula is C16H24F3N5. The summed E-state index contributed by atoms with van der Waals surface area (Å²) in [6.07, 6.45) is 1.86. The molecule has 0 aliphatic carbocycles. The average molecular weight is 343 g/mol. The molecule has 5 nitrogen and oxygen atoms in total. The highest BCUT2D eigenvalue weighted by Crippen LogP contribution is 2.23. The van der Waals surface area contributed by atoms with Crippen LogP contribution < -0.4 is 10.2 Å². The second-order valence-corrected chi connectivity index (χ2v) is 6.70. The molecule has 1 unspecified atom stereocenters. The van der Waals surface area contributed by atoms with Gasteiger partial charge >= 0.3 is 6.18 Å². The van der Waals surface area contributed by atoms with Crippen LogP contribution >= 0.6 is 0 Å². The molecule has 2 saturated heterocycles. The lowest BCUT2D eigenvalue weighted by atomic mass is 10.1. The molecule has 0 saturated carbocycles. The Bertz CT molecular complexity index is 531. The van der Waals surface area contributed by atoms with Gasteiger partial charge in [0.2, 0.25) is 0 Å². The number of aromatic nitrogens is 2. The maximum Gasteiger partial charge on any atom is 0.401 e. The van der Waals surface area contributed by atoms with Crippen molar-refractivity contribution in [2.45, 2.75) is 31.9 Å². The molecule has 1 atom stereocenters. The van der Waals surface area contributed by atoms with Crippen molar-refractivity contribution in [3.05, 3.63) is 12.4 Å². The number of halogens is 3. The molecule has 3 heterocycles. The van der Waals surface area contributed by atoms with Gasteiger partial charge in [0.05, 0.1) is 6.54 Å². The number of rotatable bonds is 5. The van der Waals surface area contributed by atoms with Gasteiger partial charge < -0.3 is 10.2 Å². The van der Waals surface area contributed by atoms with Crippen molar-refractivity contribution < 1.29 is 13.2 Å². The van der Waals surface area contributed by atoms with Crippen LogP contribution in [0.3, 0.4) is 0 Å². The van der Waals surface area contributed by atoms with Gasteiger partial charge in [-0.1, -0.05) is 0 Å². The maximum atomic E-state index is 12.4. The molecule has 134 valence electrons. The Morgan fingerprint density at radius 1 is 1.12 bits per heavy atom. The predicted octanol–water partition coefficient (Wildman–Crippen LogP) is 2.76. The molecule has 2 aliphatic rings. The largest absolute Gasteiger partial charge is 0.401 e. The van der Waals surface area contributed by atoms with Crippen LogP contribution in [-0.4, -0.2) is 60.3 Å². The Labute approximate surface area is 140 Å². The van der Waals surface area contributed by atoms with E-state index in [1.807, 2.05) is 6.07 Å². The van der Waals surface area contributed by atoms with Crippen LogP contribution in [0.25, 0.3) is 0 Å². The molecule has 0 amide bonds. The average Bonchev–Trinajstić information content (AvgIpc) is 2.99. The number of alkyl halides is 3. The molecule has 0 aromatic carbocycles. The van der Waals surface area contributed by atoms with Crippen molar-refractivity contribution in [1.29, 1.82) is 0 Å². The highest BCUT2D eigenvalue weighted by molar-refractivity contribution is 5.48. The number of anilines is 2. The van der Waals surface area contributed by atoms with E-state index < -0.39 is 12.7 Å². The van der Waals surface area contributed by atoms with Crippen LogP contribution in [0.4, 0.5) is 24.8 Å². The molecule has 0 spiro atoms. The molecule has 3 rings (SSSR count). The van der Waals surface area contributed by atoms with Crippen molar-refractivity contribution in [3.8, 4) is 0 Å². The van der Waals surface area contributed by atoms with E-state index in [1.54, 1.807) is 6.33 Å². The smallest absolute Gasteiger partial charge is 0.370 e. The summed E-state index contributed by atoms with van der Waals surface area (Å²) in [6.45, 7) is 2.86. The van der Waals surface area contributed by atoms with E-state index in [1.165, 1.54) is 24.2 Å². The zero-order valence-corrected chi connectivity index (χ0v) is 13.7. The minimum absolute atomic E-state index is 0.223. The summed E-state index contributed by atoms with van der Waals surface area (Å²) in [4.78, 5) is 12.3. The van der Waals surface area contributed by atoms with Gasteiger partial charge in [0, 0.05) is 32.2 Å². The fourth-order valence-electron chi connectivity index (χ4n) is 3.47. The Balaban J connectivity index is 1.48. The monoisotopic (exact) mass is 343 g/mol. The molecule has 1 aromatic rings. The standard InChI is InChI=1S/C16H24F3N5/c17-16(18,19)11-23-7-4-13(10-23)9-20-14-8-15(22-12-21-14)24-5-2-1-3-6-24/h8,12-13H,1-7,9-11H2,(H,20,21,22). The molecule has 2 aliphatic heterocycles. The van der Waals surface area contributed by atoms with Crippen LogP contribution in [-0.2, 0) is 0 Å². The Hall–Kier alpha value is -1.57. The van der Waals surface area contributed by atoms with E-state index >= 15 is 0 Å². The first-order valence-electron chi connectivity index (χ1n) is 8.59. The topological polar surface area (TPSA) is 44.3 Å². The third-order valence-corrected chi connectivity index (χ3v) is 4.68. The van der Waals surface area contributed by atoms with Crippen molar-refractivity contribution in [3.63, 3.8) is 0 Å². The fraction of sp³-hybridized carbons (Fsp3) is 0.750. The first kappa shape index (κ1) is 17.3. The molecule has 8 heteroatoms. The van der Waals surface area contributed by atoms with Gasteiger partial charge in [-0.25, -0.2) is 9.97 Å². The molecule has 1 aromatic heterocycles. The quantitative estimate of drug-likeness (QED) is 0.891. The van der Waals surface area contributed by atoms with Crippen molar-refractivity contribution >= 4 is 11.6 Å². The van der Waals surface area contributed by atoms with Gasteiger partial charge in [-0.3, -0.25) is 4.90 Å². The molecule has 0 bridgehead atoms. The summed E-state index contributed by atoms with van der Waals surface area (Å²) in [7, 11) is 0. The van der Waals surface area contributed by atoms with Crippen molar-refractivity contribution in [2.24, 2.45) is 5.92 Å². The SMILES string of the molecule is FC(F)(F)CN1CCC(CNc2cc(N3CCCCC3)ncn2)C1. The minimum atomic E-state index is -4.11. The maximum absolute atomic E-state index is 12.4. The van der Waals surface area contributed by atoms with E-state index in [4.69, 9.17) is 0 Å². The van der Waals surface area contributed by atoms with E-state index in [9.17, 15) is 13.2 Å². The molecule has 1 N–H and O–H groups in total. The fourth-order valence-corrected chi connectivity index (χ4v) is 3.47. The van der Waals surface area contributed by atoms with Gasteiger partial charge in [-0.15, -0.1) is 0 Å². The number of hydrogen-bond acceptors (Lipinski definition) is 5. The Morgan fingerprint density at radius 2 is 1.92 bits per heavy atom. The van der Waals surface area contributed by atoms with Gasteiger partial charge in [-0.2, -0.15) is 13.2 Å². The summed E-state index contributed by atoms with van der Waals surface area (Å²) >= 11 is 0. The van der Waals surface area contributed by atoms with E-state index in [2.05, 4.69) is 20.2 Å². The van der Waals surface area contributed by atoms with Gasteiger partial charge in [-0.05, 0) is 38.1 Å². The summed E-state index contributed by atoms with van der Waals surface area (Å²) in [5, 5.41) is 3.26. The minimum Gasteiger partial charge on any atom is -0.370 e. The normalized spacial score (nSPS) is 22.8. The third-order valence-electron chi connectivity index (χ3n) is 4.68. The van der Waals surface area contributed by atoms with Crippen LogP contribution in [0.2, 0.25) is 0 Å². The van der Waals surface area contributed by atoms with Crippen molar-refractivity contribution in [1.82, 2.24) is 14.9 Å². The molecule has 2 fully saturated rings. The lowest BCUT2D eigenvalue weighted by Crippen LogP contribution is -2.33.